The summed E-state index contributed by atoms with van der Waals surface area (Å²) in [6.07, 6.45) is 4.98. The maximum Gasteiger partial charge on any atom is 0.191 e. The molecule has 0 aliphatic heterocycles. The molecule has 2 N–H and O–H groups in total. The van der Waals surface area contributed by atoms with Crippen LogP contribution in [0.4, 0.5) is 0 Å². The van der Waals surface area contributed by atoms with Crippen LogP contribution in [0.2, 0.25) is 0 Å². The first kappa shape index (κ1) is 21.6. The van der Waals surface area contributed by atoms with Gasteiger partial charge in [-0.2, -0.15) is 0 Å². The van der Waals surface area contributed by atoms with Gasteiger partial charge < -0.3 is 15.2 Å². The average Bonchev–Trinajstić information content (AvgIpc) is 3.15. The minimum atomic E-state index is -3.21. The van der Waals surface area contributed by atoms with Gasteiger partial charge in [0.05, 0.1) is 11.4 Å². The van der Waals surface area contributed by atoms with Crippen LogP contribution in [0.15, 0.2) is 70.8 Å². The van der Waals surface area contributed by atoms with Crippen molar-refractivity contribution in [3.63, 3.8) is 0 Å². The molecule has 158 valence electrons. The molecule has 1 aromatic heterocycles. The van der Waals surface area contributed by atoms with Gasteiger partial charge in [0.15, 0.2) is 15.8 Å². The minimum absolute atomic E-state index is 0.360. The van der Waals surface area contributed by atoms with Gasteiger partial charge in [-0.15, -0.1) is 0 Å². The van der Waals surface area contributed by atoms with E-state index in [1.165, 1.54) is 11.8 Å². The molecule has 0 fully saturated rings. The molecule has 0 spiro atoms. The van der Waals surface area contributed by atoms with Gasteiger partial charge in [-0.1, -0.05) is 42.5 Å². The topological polar surface area (TPSA) is 88.4 Å². The van der Waals surface area contributed by atoms with Gasteiger partial charge >= 0.3 is 0 Å². The Kier molecular flexibility index (Phi) is 6.89. The fraction of sp³-hybridized carbons (Fsp3) is 0.273. The molecule has 3 aromatic rings. The SMILES string of the molecule is CN=C(NCc1ccc(S(C)(=O)=O)c(C)c1)NCc1nccn1Cc1ccccc1. The summed E-state index contributed by atoms with van der Waals surface area (Å²) in [5.74, 6) is 1.56. The molecule has 0 aliphatic carbocycles. The zero-order valence-electron chi connectivity index (χ0n) is 17.5. The van der Waals surface area contributed by atoms with E-state index in [2.05, 4.69) is 37.3 Å². The lowest BCUT2D eigenvalue weighted by Gasteiger charge is -2.14. The molecule has 3 rings (SSSR count). The predicted molar refractivity (Wildman–Crippen MR) is 119 cm³/mol. The third kappa shape index (κ3) is 5.70. The minimum Gasteiger partial charge on any atom is -0.352 e. The highest BCUT2D eigenvalue weighted by molar-refractivity contribution is 7.90. The summed E-state index contributed by atoms with van der Waals surface area (Å²) in [7, 11) is -1.50. The van der Waals surface area contributed by atoms with Crippen molar-refractivity contribution in [1.29, 1.82) is 0 Å². The highest BCUT2D eigenvalue weighted by Gasteiger charge is 2.11. The van der Waals surface area contributed by atoms with E-state index in [4.69, 9.17) is 0 Å². The van der Waals surface area contributed by atoms with Gasteiger partial charge in [-0.3, -0.25) is 4.99 Å². The summed E-state index contributed by atoms with van der Waals surface area (Å²) in [5.41, 5.74) is 2.93. The summed E-state index contributed by atoms with van der Waals surface area (Å²) in [4.78, 5) is 9.06. The van der Waals surface area contributed by atoms with E-state index in [9.17, 15) is 8.42 Å². The maximum atomic E-state index is 11.8. The first-order valence-corrected chi connectivity index (χ1v) is 11.5. The number of hydrogen-bond acceptors (Lipinski definition) is 4. The van der Waals surface area contributed by atoms with Crippen LogP contribution >= 0.6 is 0 Å². The Morgan fingerprint density at radius 2 is 1.80 bits per heavy atom. The molecular weight excluding hydrogens is 398 g/mol. The van der Waals surface area contributed by atoms with Crippen molar-refractivity contribution in [1.82, 2.24) is 20.2 Å². The third-order valence-corrected chi connectivity index (χ3v) is 5.99. The number of imidazole rings is 1. The molecule has 0 saturated carbocycles. The second kappa shape index (κ2) is 9.58. The zero-order valence-corrected chi connectivity index (χ0v) is 18.3. The summed E-state index contributed by atoms with van der Waals surface area (Å²) in [6.45, 7) is 3.63. The Hall–Kier alpha value is -3.13. The van der Waals surface area contributed by atoms with Gasteiger partial charge in [-0.05, 0) is 29.7 Å². The van der Waals surface area contributed by atoms with Gasteiger partial charge in [0.1, 0.15) is 5.82 Å². The van der Waals surface area contributed by atoms with Crippen LogP contribution in [-0.2, 0) is 29.5 Å². The molecule has 2 aromatic carbocycles. The van der Waals surface area contributed by atoms with Crippen molar-refractivity contribution in [3.8, 4) is 0 Å². The Balaban J connectivity index is 1.57. The van der Waals surface area contributed by atoms with Gasteiger partial charge in [0.2, 0.25) is 0 Å². The molecule has 0 bridgehead atoms. The summed E-state index contributed by atoms with van der Waals surface area (Å²) < 4.78 is 25.6. The number of benzene rings is 2. The van der Waals surface area contributed by atoms with Crippen LogP contribution in [0.3, 0.4) is 0 Å². The van der Waals surface area contributed by atoms with Crippen molar-refractivity contribution in [2.45, 2.75) is 31.5 Å². The third-order valence-electron chi connectivity index (χ3n) is 4.73. The highest BCUT2D eigenvalue weighted by atomic mass is 32.2. The molecule has 0 radical (unpaired) electrons. The van der Waals surface area contributed by atoms with Crippen LogP contribution in [0.25, 0.3) is 0 Å². The van der Waals surface area contributed by atoms with Crippen molar-refractivity contribution in [3.05, 3.63) is 83.4 Å². The number of aryl methyl sites for hydroxylation is 1. The van der Waals surface area contributed by atoms with Crippen molar-refractivity contribution < 1.29 is 8.42 Å². The second-order valence-corrected chi connectivity index (χ2v) is 9.09. The van der Waals surface area contributed by atoms with Crippen molar-refractivity contribution in [2.75, 3.05) is 13.3 Å². The van der Waals surface area contributed by atoms with Crippen LogP contribution in [-0.4, -0.2) is 37.2 Å². The normalized spacial score (nSPS) is 12.0. The Bertz CT molecular complexity index is 1120. The number of aromatic nitrogens is 2. The van der Waals surface area contributed by atoms with E-state index in [1.54, 1.807) is 26.2 Å². The number of sulfone groups is 1. The molecule has 1 heterocycles. The summed E-state index contributed by atoms with van der Waals surface area (Å²) in [6, 6.07) is 15.6. The summed E-state index contributed by atoms with van der Waals surface area (Å²) >= 11 is 0. The molecule has 0 atom stereocenters. The first-order chi connectivity index (χ1) is 14.4. The van der Waals surface area contributed by atoms with Crippen LogP contribution in [0, 0.1) is 6.92 Å². The molecule has 7 nitrogen and oxygen atoms in total. The van der Waals surface area contributed by atoms with Crippen LogP contribution in [0.1, 0.15) is 22.5 Å². The number of nitrogens with one attached hydrogen (secondary N) is 2. The number of guanidine groups is 1. The second-order valence-electron chi connectivity index (χ2n) is 7.11. The molecule has 0 aliphatic rings. The quantitative estimate of drug-likeness (QED) is 0.449. The smallest absolute Gasteiger partial charge is 0.191 e. The Morgan fingerprint density at radius 1 is 1.07 bits per heavy atom. The first-order valence-electron chi connectivity index (χ1n) is 9.65. The van der Waals surface area contributed by atoms with E-state index in [1.807, 2.05) is 36.5 Å². The van der Waals surface area contributed by atoms with E-state index < -0.39 is 9.84 Å². The molecule has 0 unspecified atom stereocenters. The monoisotopic (exact) mass is 425 g/mol. The van der Waals surface area contributed by atoms with Crippen molar-refractivity contribution >= 4 is 15.8 Å². The van der Waals surface area contributed by atoms with E-state index >= 15 is 0 Å². The molecule has 0 saturated heterocycles. The number of hydrogen-bond donors (Lipinski definition) is 2. The lowest BCUT2D eigenvalue weighted by Crippen LogP contribution is -2.37. The largest absolute Gasteiger partial charge is 0.352 e. The molecule has 30 heavy (non-hydrogen) atoms. The standard InChI is InChI=1S/C22H27N5O2S/c1-17-13-19(9-10-20(17)30(3,28)29)14-25-22(23-2)26-15-21-24-11-12-27(21)16-18-7-5-4-6-8-18/h4-13H,14-16H2,1-3H3,(H2,23,25,26). The van der Waals surface area contributed by atoms with Crippen molar-refractivity contribution in [2.24, 2.45) is 4.99 Å². The predicted octanol–water partition coefficient (Wildman–Crippen LogP) is 2.51. The van der Waals surface area contributed by atoms with Crippen LogP contribution in [0.5, 0.6) is 0 Å². The zero-order chi connectivity index (χ0) is 21.6. The number of nitrogens with zero attached hydrogens (tertiary/aromatic N) is 3. The number of rotatable bonds is 7. The van der Waals surface area contributed by atoms with Gasteiger partial charge in [0, 0.05) is 38.8 Å². The molecular formula is C22H27N5O2S. The lowest BCUT2D eigenvalue weighted by atomic mass is 10.1. The van der Waals surface area contributed by atoms with Crippen LogP contribution < -0.4 is 10.6 Å². The van der Waals surface area contributed by atoms with E-state index in [0.717, 1.165) is 23.5 Å². The van der Waals surface area contributed by atoms with E-state index in [0.29, 0.717) is 23.9 Å². The Labute approximate surface area is 177 Å². The fourth-order valence-electron chi connectivity index (χ4n) is 3.24. The fourth-order valence-corrected chi connectivity index (χ4v) is 4.20. The summed E-state index contributed by atoms with van der Waals surface area (Å²) in [5, 5.41) is 6.53. The van der Waals surface area contributed by atoms with Gasteiger partial charge in [0.25, 0.3) is 0 Å². The Morgan fingerprint density at radius 3 is 2.47 bits per heavy atom. The maximum absolute atomic E-state index is 11.8. The highest BCUT2D eigenvalue weighted by Crippen LogP contribution is 2.16. The average molecular weight is 426 g/mol. The lowest BCUT2D eigenvalue weighted by molar-refractivity contribution is 0.601. The molecule has 8 heteroatoms. The van der Waals surface area contributed by atoms with E-state index in [-0.39, 0.29) is 0 Å². The molecule has 0 amide bonds. The number of aliphatic imine (C=N–C) groups is 1. The van der Waals surface area contributed by atoms with Gasteiger partial charge in [-0.25, -0.2) is 13.4 Å².